The zero-order valence-corrected chi connectivity index (χ0v) is 9.73. The molecule has 0 aliphatic carbocycles. The Balaban J connectivity index is 2.06. The fourth-order valence-corrected chi connectivity index (χ4v) is 2.17. The number of aliphatic hydroxyl groups is 1. The molecule has 1 aliphatic rings. The fraction of sp³-hybridized carbons (Fsp3) is 0.500. The first-order valence-corrected chi connectivity index (χ1v) is 5.71. The molecule has 0 radical (unpaired) electrons. The van der Waals surface area contributed by atoms with Gasteiger partial charge >= 0.3 is 0 Å². The quantitative estimate of drug-likeness (QED) is 0.621. The smallest absolute Gasteiger partial charge is 0.278 e. The van der Waals surface area contributed by atoms with E-state index in [0.717, 1.165) is 0 Å². The summed E-state index contributed by atoms with van der Waals surface area (Å²) >= 11 is 0. The third-order valence-electron chi connectivity index (χ3n) is 3.17. The van der Waals surface area contributed by atoms with Crippen molar-refractivity contribution in [3.05, 3.63) is 23.0 Å². The molecule has 3 heterocycles. The van der Waals surface area contributed by atoms with E-state index in [1.807, 2.05) is 0 Å². The maximum Gasteiger partial charge on any atom is 0.278 e. The van der Waals surface area contributed by atoms with E-state index in [2.05, 4.69) is 15.0 Å². The van der Waals surface area contributed by atoms with Crippen LogP contribution in [0.25, 0.3) is 11.2 Å². The summed E-state index contributed by atoms with van der Waals surface area (Å²) in [5, 5.41) is 9.65. The molecule has 0 saturated carbocycles. The lowest BCUT2D eigenvalue weighted by Crippen LogP contribution is -2.33. The van der Waals surface area contributed by atoms with Gasteiger partial charge in [-0.2, -0.15) is 0 Å². The predicted molar refractivity (Wildman–Crippen MR) is 62.0 cm³/mol. The van der Waals surface area contributed by atoms with Crippen molar-refractivity contribution in [2.45, 2.75) is 24.6 Å². The van der Waals surface area contributed by atoms with Crippen LogP contribution in [0.4, 0.5) is 4.39 Å². The molecule has 0 spiro atoms. The number of halogens is 1. The maximum atomic E-state index is 14.0. The molecule has 2 aromatic heterocycles. The lowest BCUT2D eigenvalue weighted by atomic mass is 10.1. The van der Waals surface area contributed by atoms with Gasteiger partial charge in [0.05, 0.1) is 12.7 Å². The minimum Gasteiger partial charge on any atom is -0.387 e. The van der Waals surface area contributed by atoms with Crippen LogP contribution in [0.15, 0.2) is 17.4 Å². The molecule has 9 heteroatoms. The van der Waals surface area contributed by atoms with Crippen LogP contribution in [0.1, 0.15) is 6.23 Å². The van der Waals surface area contributed by atoms with Gasteiger partial charge in [-0.15, -0.1) is 0 Å². The van der Waals surface area contributed by atoms with Crippen molar-refractivity contribution in [2.75, 3.05) is 6.54 Å². The largest absolute Gasteiger partial charge is 0.387 e. The molecule has 1 aliphatic heterocycles. The second-order valence-electron chi connectivity index (χ2n) is 4.29. The van der Waals surface area contributed by atoms with Crippen molar-refractivity contribution >= 4 is 11.2 Å². The van der Waals surface area contributed by atoms with E-state index >= 15 is 0 Å². The molecule has 0 unspecified atom stereocenters. The van der Waals surface area contributed by atoms with Crippen LogP contribution in [-0.4, -0.2) is 49.5 Å². The maximum absolute atomic E-state index is 14.0. The highest BCUT2D eigenvalue weighted by Crippen LogP contribution is 2.32. The van der Waals surface area contributed by atoms with Crippen molar-refractivity contribution in [3.63, 3.8) is 0 Å². The van der Waals surface area contributed by atoms with E-state index in [0.29, 0.717) is 0 Å². The molecular formula is C10H12FN5O3. The normalized spacial score (nSPS) is 31.1. The van der Waals surface area contributed by atoms with Crippen molar-refractivity contribution in [2.24, 2.45) is 5.73 Å². The monoisotopic (exact) mass is 269 g/mol. The van der Waals surface area contributed by atoms with Gasteiger partial charge in [0.25, 0.3) is 5.56 Å². The number of hydrogen-bond donors (Lipinski definition) is 3. The highest BCUT2D eigenvalue weighted by atomic mass is 19.1. The number of ether oxygens (including phenoxy) is 1. The molecule has 3 rings (SSSR count). The molecule has 2 aromatic rings. The van der Waals surface area contributed by atoms with Gasteiger partial charge in [0, 0.05) is 6.54 Å². The number of aromatic amines is 1. The summed E-state index contributed by atoms with van der Waals surface area (Å²) in [6, 6.07) is 0. The summed E-state index contributed by atoms with van der Waals surface area (Å²) in [7, 11) is 0. The van der Waals surface area contributed by atoms with Crippen molar-refractivity contribution in [3.8, 4) is 0 Å². The number of nitrogens with one attached hydrogen (secondary N) is 1. The third-order valence-corrected chi connectivity index (χ3v) is 3.17. The molecule has 0 aromatic carbocycles. The van der Waals surface area contributed by atoms with E-state index < -0.39 is 30.2 Å². The summed E-state index contributed by atoms with van der Waals surface area (Å²) in [5.74, 6) is 0. The van der Waals surface area contributed by atoms with Crippen molar-refractivity contribution in [1.29, 1.82) is 0 Å². The lowest BCUT2D eigenvalue weighted by molar-refractivity contribution is -0.0180. The minimum atomic E-state index is -1.66. The van der Waals surface area contributed by atoms with Gasteiger partial charge in [-0.1, -0.05) is 0 Å². The summed E-state index contributed by atoms with van der Waals surface area (Å²) in [6.45, 7) is -0.00126. The molecule has 0 amide bonds. The molecule has 102 valence electrons. The van der Waals surface area contributed by atoms with Crippen LogP contribution < -0.4 is 11.3 Å². The van der Waals surface area contributed by atoms with E-state index in [1.165, 1.54) is 17.2 Å². The second kappa shape index (κ2) is 4.37. The Morgan fingerprint density at radius 2 is 2.37 bits per heavy atom. The number of aromatic nitrogens is 4. The average Bonchev–Trinajstić information content (AvgIpc) is 2.94. The van der Waals surface area contributed by atoms with E-state index in [-0.39, 0.29) is 17.7 Å². The van der Waals surface area contributed by atoms with Crippen LogP contribution in [0, 0.1) is 0 Å². The Morgan fingerprint density at radius 1 is 1.58 bits per heavy atom. The summed E-state index contributed by atoms with van der Waals surface area (Å²) in [5.41, 5.74) is 5.25. The van der Waals surface area contributed by atoms with Crippen molar-refractivity contribution in [1.82, 2.24) is 19.5 Å². The van der Waals surface area contributed by atoms with Gasteiger partial charge in [0.15, 0.2) is 23.6 Å². The Hall–Kier alpha value is -1.84. The van der Waals surface area contributed by atoms with Crippen LogP contribution in [0.2, 0.25) is 0 Å². The Morgan fingerprint density at radius 3 is 3.05 bits per heavy atom. The van der Waals surface area contributed by atoms with E-state index in [1.54, 1.807) is 0 Å². The zero-order valence-electron chi connectivity index (χ0n) is 9.73. The summed E-state index contributed by atoms with van der Waals surface area (Å²) < 4.78 is 20.7. The SMILES string of the molecule is NC[C@H]1O[C@@H](n2cnc3c(=O)[nH]cnc32)[C@H](F)[C@@H]1O. The van der Waals surface area contributed by atoms with Gasteiger partial charge < -0.3 is 20.6 Å². The molecule has 1 fully saturated rings. The molecule has 0 bridgehead atoms. The number of alkyl halides is 1. The zero-order chi connectivity index (χ0) is 13.6. The molecule has 1 saturated heterocycles. The molecule has 4 N–H and O–H groups in total. The van der Waals surface area contributed by atoms with Gasteiger partial charge in [-0.3, -0.25) is 9.36 Å². The number of nitrogens with two attached hydrogens (primary N) is 1. The first-order chi connectivity index (χ1) is 9.13. The minimum absolute atomic E-state index is 0.00126. The molecule has 8 nitrogen and oxygen atoms in total. The lowest BCUT2D eigenvalue weighted by Gasteiger charge is -2.14. The average molecular weight is 269 g/mol. The topological polar surface area (TPSA) is 119 Å². The van der Waals surface area contributed by atoms with Crippen LogP contribution in [0.5, 0.6) is 0 Å². The van der Waals surface area contributed by atoms with Gasteiger partial charge in [-0.25, -0.2) is 14.4 Å². The molecular weight excluding hydrogens is 257 g/mol. The second-order valence-corrected chi connectivity index (χ2v) is 4.29. The number of aliphatic hydroxyl groups excluding tert-OH is 1. The standard InChI is InChI=1S/C10H12FN5O3/c11-5-7(17)4(1-12)19-10(5)16-3-15-6-8(16)13-2-14-9(6)18/h2-5,7,10,17H,1,12H2,(H,13,14,18)/t4-,5-,7-,10-/m1/s1. The number of nitrogens with zero attached hydrogens (tertiary/aromatic N) is 3. The molecule has 19 heavy (non-hydrogen) atoms. The number of hydrogen-bond acceptors (Lipinski definition) is 6. The summed E-state index contributed by atoms with van der Waals surface area (Å²) in [6.07, 6.45) is -2.40. The van der Waals surface area contributed by atoms with Gasteiger partial charge in [0.1, 0.15) is 12.2 Å². The summed E-state index contributed by atoms with van der Waals surface area (Å²) in [4.78, 5) is 21.7. The fourth-order valence-electron chi connectivity index (χ4n) is 2.17. The Labute approximate surface area is 106 Å². The Kier molecular flexibility index (Phi) is 2.81. The number of imidazole rings is 1. The van der Waals surface area contributed by atoms with Crippen LogP contribution >= 0.6 is 0 Å². The highest BCUT2D eigenvalue weighted by molar-refractivity contribution is 5.68. The first kappa shape index (κ1) is 12.2. The highest BCUT2D eigenvalue weighted by Gasteiger charge is 2.45. The first-order valence-electron chi connectivity index (χ1n) is 5.71. The number of H-pyrrole nitrogens is 1. The van der Waals surface area contributed by atoms with Crippen LogP contribution in [0.3, 0.4) is 0 Å². The molecule has 4 atom stereocenters. The van der Waals surface area contributed by atoms with E-state index in [9.17, 15) is 14.3 Å². The van der Waals surface area contributed by atoms with Crippen LogP contribution in [-0.2, 0) is 4.74 Å². The predicted octanol–water partition coefficient (Wildman–Crippen LogP) is -1.33. The van der Waals surface area contributed by atoms with E-state index in [4.69, 9.17) is 10.5 Å². The number of rotatable bonds is 2. The Bertz CT molecular complexity index is 656. The van der Waals surface area contributed by atoms with Gasteiger partial charge in [0.2, 0.25) is 0 Å². The van der Waals surface area contributed by atoms with Gasteiger partial charge in [-0.05, 0) is 0 Å². The number of fused-ring (bicyclic) bond motifs is 1. The third kappa shape index (κ3) is 1.74. The van der Waals surface area contributed by atoms with Crippen molar-refractivity contribution < 1.29 is 14.2 Å².